The quantitative estimate of drug-likeness (QED) is 0.431. The third kappa shape index (κ3) is 4.87. The largest absolute Gasteiger partial charge is 0.387 e. The lowest BCUT2D eigenvalue weighted by Gasteiger charge is -2.12. The number of nitriles is 1. The van der Waals surface area contributed by atoms with Crippen molar-refractivity contribution in [2.24, 2.45) is 16.5 Å². The fourth-order valence-corrected chi connectivity index (χ4v) is 3.19. The van der Waals surface area contributed by atoms with Gasteiger partial charge in [0.15, 0.2) is 0 Å². The first-order valence-corrected chi connectivity index (χ1v) is 7.79. The van der Waals surface area contributed by atoms with Crippen molar-refractivity contribution in [3.05, 3.63) is 59.7 Å². The molecule has 0 aromatic heterocycles. The molecule has 0 amide bonds. The van der Waals surface area contributed by atoms with Crippen LogP contribution in [0.4, 0.5) is 0 Å². The lowest BCUT2D eigenvalue weighted by molar-refractivity contribution is 1.16. The molecule has 0 aliphatic rings. The molecule has 23 heavy (non-hydrogen) atoms. The van der Waals surface area contributed by atoms with Crippen molar-refractivity contribution >= 4 is 23.4 Å². The Labute approximate surface area is 139 Å². The van der Waals surface area contributed by atoms with Gasteiger partial charge in [-0.05, 0) is 23.3 Å². The van der Waals surface area contributed by atoms with E-state index in [0.29, 0.717) is 12.8 Å². The molecule has 2 aromatic rings. The summed E-state index contributed by atoms with van der Waals surface area (Å²) in [7, 11) is 0. The minimum Gasteiger partial charge on any atom is -0.387 e. The van der Waals surface area contributed by atoms with Gasteiger partial charge in [-0.15, -0.1) is 0 Å². The fraction of sp³-hybridized carbons (Fsp3) is 0.118. The van der Waals surface area contributed by atoms with Gasteiger partial charge in [0, 0.05) is 22.6 Å². The molecule has 0 radical (unpaired) electrons. The van der Waals surface area contributed by atoms with Crippen LogP contribution in [0.25, 0.3) is 0 Å². The molecule has 0 fully saturated rings. The van der Waals surface area contributed by atoms with Crippen molar-refractivity contribution in [3.8, 4) is 6.19 Å². The van der Waals surface area contributed by atoms with E-state index in [1.807, 2.05) is 48.5 Å². The van der Waals surface area contributed by atoms with Crippen molar-refractivity contribution in [2.45, 2.75) is 22.6 Å². The van der Waals surface area contributed by atoms with Gasteiger partial charge in [0.1, 0.15) is 5.84 Å². The summed E-state index contributed by atoms with van der Waals surface area (Å²) < 4.78 is 0. The summed E-state index contributed by atoms with van der Waals surface area (Å²) in [6.45, 7) is 0. The third-order valence-electron chi connectivity index (χ3n) is 3.11. The predicted molar refractivity (Wildman–Crippen MR) is 93.6 cm³/mol. The molecule has 0 saturated carbocycles. The molecule has 6 heteroatoms. The van der Waals surface area contributed by atoms with Gasteiger partial charge < -0.3 is 11.5 Å². The maximum absolute atomic E-state index is 8.58. The smallest absolute Gasteiger partial charge is 0.207 e. The molecular formula is C17H17N5S. The highest BCUT2D eigenvalue weighted by molar-refractivity contribution is 7.99. The number of hydrogen-bond acceptors (Lipinski definition) is 4. The molecule has 0 bridgehead atoms. The van der Waals surface area contributed by atoms with Crippen LogP contribution in [-0.2, 0) is 12.8 Å². The number of rotatable bonds is 6. The number of aliphatic imine (C=N–C) groups is 1. The molecule has 0 aliphatic heterocycles. The summed E-state index contributed by atoms with van der Waals surface area (Å²) in [5.74, 6) is 0.425. The standard InChI is InChI=1S/C17H17N5S/c18-11-22-17(21)10-13-6-2-4-8-15(13)23-14-7-3-1-5-12(14)9-16(19)20/h1-8H,9-10H2,(H3,19,20)(H2,21,22). The van der Waals surface area contributed by atoms with Crippen LogP contribution in [0.5, 0.6) is 0 Å². The third-order valence-corrected chi connectivity index (χ3v) is 4.35. The zero-order valence-electron chi connectivity index (χ0n) is 12.5. The van der Waals surface area contributed by atoms with Crippen LogP contribution in [0, 0.1) is 16.9 Å². The van der Waals surface area contributed by atoms with E-state index in [4.69, 9.17) is 22.1 Å². The van der Waals surface area contributed by atoms with Crippen molar-refractivity contribution in [1.29, 1.82) is 10.7 Å². The van der Waals surface area contributed by atoms with E-state index in [9.17, 15) is 0 Å². The van der Waals surface area contributed by atoms with Gasteiger partial charge in [-0.1, -0.05) is 48.2 Å². The first kappa shape index (κ1) is 16.6. The van der Waals surface area contributed by atoms with Gasteiger partial charge in [0.25, 0.3) is 0 Å². The van der Waals surface area contributed by atoms with Gasteiger partial charge in [-0.2, -0.15) is 10.3 Å². The van der Waals surface area contributed by atoms with E-state index < -0.39 is 0 Å². The molecule has 0 heterocycles. The molecule has 0 atom stereocenters. The maximum atomic E-state index is 8.58. The summed E-state index contributed by atoms with van der Waals surface area (Å²) in [5, 5.41) is 16.1. The summed E-state index contributed by atoms with van der Waals surface area (Å²) in [6, 6.07) is 15.7. The summed E-state index contributed by atoms with van der Waals surface area (Å²) in [6.07, 6.45) is 2.55. The van der Waals surface area contributed by atoms with Crippen molar-refractivity contribution in [1.82, 2.24) is 0 Å². The van der Waals surface area contributed by atoms with Crippen LogP contribution in [0.2, 0.25) is 0 Å². The highest BCUT2D eigenvalue weighted by Crippen LogP contribution is 2.33. The van der Waals surface area contributed by atoms with E-state index in [1.54, 1.807) is 18.0 Å². The minimum absolute atomic E-state index is 0.136. The van der Waals surface area contributed by atoms with Crippen LogP contribution in [-0.4, -0.2) is 11.7 Å². The zero-order chi connectivity index (χ0) is 16.7. The van der Waals surface area contributed by atoms with Crippen molar-refractivity contribution < 1.29 is 0 Å². The van der Waals surface area contributed by atoms with Gasteiger partial charge in [0.2, 0.25) is 6.19 Å². The first-order chi connectivity index (χ1) is 11.1. The molecular weight excluding hydrogens is 306 g/mol. The van der Waals surface area contributed by atoms with Gasteiger partial charge >= 0.3 is 0 Å². The Hall–Kier alpha value is -2.78. The molecule has 116 valence electrons. The fourth-order valence-electron chi connectivity index (χ4n) is 2.12. The van der Waals surface area contributed by atoms with E-state index in [2.05, 4.69) is 4.99 Å². The Morgan fingerprint density at radius 1 is 1.00 bits per heavy atom. The second-order valence-electron chi connectivity index (χ2n) is 4.90. The number of nitrogens with zero attached hydrogens (tertiary/aromatic N) is 2. The van der Waals surface area contributed by atoms with E-state index >= 15 is 0 Å². The molecule has 0 aliphatic carbocycles. The van der Waals surface area contributed by atoms with Crippen LogP contribution in [0.15, 0.2) is 63.3 Å². The minimum atomic E-state index is 0.136. The Bertz CT molecular complexity index is 777. The normalized spacial score (nSPS) is 11.0. The Balaban J connectivity index is 2.29. The number of benzene rings is 2. The second-order valence-corrected chi connectivity index (χ2v) is 5.98. The molecule has 5 N–H and O–H groups in total. The van der Waals surface area contributed by atoms with Crippen molar-refractivity contribution in [2.75, 3.05) is 0 Å². The van der Waals surface area contributed by atoms with Crippen LogP contribution >= 0.6 is 11.8 Å². The highest BCUT2D eigenvalue weighted by Gasteiger charge is 2.09. The van der Waals surface area contributed by atoms with Crippen LogP contribution in [0.1, 0.15) is 11.1 Å². The number of nitrogens with one attached hydrogen (secondary N) is 1. The van der Waals surface area contributed by atoms with Crippen LogP contribution in [0.3, 0.4) is 0 Å². The lowest BCUT2D eigenvalue weighted by atomic mass is 10.1. The zero-order valence-corrected chi connectivity index (χ0v) is 13.3. The molecule has 0 unspecified atom stereocenters. The van der Waals surface area contributed by atoms with E-state index in [-0.39, 0.29) is 11.7 Å². The summed E-state index contributed by atoms with van der Waals surface area (Å²) in [5.41, 5.74) is 13.3. The van der Waals surface area contributed by atoms with Crippen LogP contribution < -0.4 is 11.5 Å². The molecule has 5 nitrogen and oxygen atoms in total. The second kappa shape index (κ2) is 8.01. The monoisotopic (exact) mass is 323 g/mol. The average molecular weight is 323 g/mol. The Morgan fingerprint density at radius 2 is 1.52 bits per heavy atom. The van der Waals surface area contributed by atoms with Crippen molar-refractivity contribution in [3.63, 3.8) is 0 Å². The number of hydrogen-bond donors (Lipinski definition) is 3. The van der Waals surface area contributed by atoms with E-state index in [0.717, 1.165) is 20.9 Å². The Kier molecular flexibility index (Phi) is 5.78. The van der Waals surface area contributed by atoms with Gasteiger partial charge in [-0.3, -0.25) is 5.41 Å². The summed E-state index contributed by atoms with van der Waals surface area (Å²) >= 11 is 1.60. The summed E-state index contributed by atoms with van der Waals surface area (Å²) in [4.78, 5) is 5.66. The molecule has 2 aromatic carbocycles. The number of amidine groups is 2. The average Bonchev–Trinajstić information content (AvgIpc) is 2.51. The topological polar surface area (TPSA) is 112 Å². The SMILES string of the molecule is N#CN=C(N)Cc1ccccc1Sc1ccccc1CC(=N)N. The molecule has 0 spiro atoms. The highest BCUT2D eigenvalue weighted by atomic mass is 32.2. The first-order valence-electron chi connectivity index (χ1n) is 6.98. The molecule has 2 rings (SSSR count). The van der Waals surface area contributed by atoms with Gasteiger partial charge in [-0.25, -0.2) is 0 Å². The molecule has 0 saturated heterocycles. The Morgan fingerprint density at radius 3 is 2.04 bits per heavy atom. The number of nitrogens with two attached hydrogens (primary N) is 2. The lowest BCUT2D eigenvalue weighted by Crippen LogP contribution is -2.15. The predicted octanol–water partition coefficient (Wildman–Crippen LogP) is 2.70. The maximum Gasteiger partial charge on any atom is 0.207 e. The van der Waals surface area contributed by atoms with Gasteiger partial charge in [0.05, 0.1) is 5.84 Å². The van der Waals surface area contributed by atoms with E-state index in [1.165, 1.54) is 0 Å².